The maximum atomic E-state index is 12.9. The van der Waals surface area contributed by atoms with E-state index in [1.807, 2.05) is 18.2 Å². The predicted octanol–water partition coefficient (Wildman–Crippen LogP) is 4.15. The van der Waals surface area contributed by atoms with Crippen molar-refractivity contribution in [1.29, 1.82) is 0 Å². The van der Waals surface area contributed by atoms with E-state index in [0.717, 1.165) is 42.9 Å². The van der Waals surface area contributed by atoms with E-state index in [1.54, 1.807) is 12.1 Å². The smallest absolute Gasteiger partial charge is 0.124 e. The number of rotatable bonds is 10. The topological polar surface area (TPSA) is 33.3 Å². The molecule has 0 spiro atoms. The fourth-order valence-corrected chi connectivity index (χ4v) is 2.50. The van der Waals surface area contributed by atoms with Gasteiger partial charge in [0.05, 0.1) is 0 Å². The zero-order valence-corrected chi connectivity index (χ0v) is 14.7. The normalized spacial score (nSPS) is 10.8. The Labute approximate surface area is 148 Å². The highest BCUT2D eigenvalue weighted by molar-refractivity contribution is 6.30. The minimum Gasteiger partial charge on any atom is -0.489 e. The van der Waals surface area contributed by atoms with Gasteiger partial charge >= 0.3 is 0 Å². The summed E-state index contributed by atoms with van der Waals surface area (Å²) in [7, 11) is 0. The minimum atomic E-state index is -0.243. The minimum absolute atomic E-state index is 0.243. The quantitative estimate of drug-likeness (QED) is 0.632. The highest BCUT2D eigenvalue weighted by atomic mass is 35.5. The first-order chi connectivity index (χ1) is 11.7. The van der Waals surface area contributed by atoms with E-state index in [9.17, 15) is 4.39 Å². The maximum Gasteiger partial charge on any atom is 0.124 e. The summed E-state index contributed by atoms with van der Waals surface area (Å²) in [5.74, 6) is 0.551. The third-order valence-corrected chi connectivity index (χ3v) is 3.84. The Morgan fingerprint density at radius 2 is 1.79 bits per heavy atom. The molecule has 0 saturated carbocycles. The molecule has 130 valence electrons. The summed E-state index contributed by atoms with van der Waals surface area (Å²) in [6.45, 7) is 6.13. The number of benzene rings is 2. The Balaban J connectivity index is 1.88. The summed E-state index contributed by atoms with van der Waals surface area (Å²) in [6.07, 6.45) is 1.07. The van der Waals surface area contributed by atoms with E-state index < -0.39 is 0 Å². The summed E-state index contributed by atoms with van der Waals surface area (Å²) < 4.78 is 18.8. The Kier molecular flexibility index (Phi) is 8.02. The van der Waals surface area contributed by atoms with Crippen LogP contribution in [0.25, 0.3) is 0 Å². The van der Waals surface area contributed by atoms with Crippen LogP contribution >= 0.6 is 11.6 Å². The summed E-state index contributed by atoms with van der Waals surface area (Å²) in [6, 6.07) is 11.9. The van der Waals surface area contributed by atoms with Gasteiger partial charge in [-0.1, -0.05) is 30.7 Å². The molecule has 0 atom stereocenters. The molecule has 2 aromatic carbocycles. The lowest BCUT2D eigenvalue weighted by atomic mass is 10.2. The standard InChI is InChI=1S/C19H24ClFN2O/c1-2-22-10-3-11-23-13-16-12-17(20)6-9-19(16)24-14-15-4-7-18(21)8-5-15/h4-9,12,22-23H,2-3,10-11,13-14H2,1H3. The summed E-state index contributed by atoms with van der Waals surface area (Å²) in [4.78, 5) is 0. The average molecular weight is 351 g/mol. The summed E-state index contributed by atoms with van der Waals surface area (Å²) >= 11 is 6.10. The second-order valence-electron chi connectivity index (χ2n) is 5.55. The highest BCUT2D eigenvalue weighted by Crippen LogP contribution is 2.24. The van der Waals surface area contributed by atoms with Crippen molar-refractivity contribution in [2.24, 2.45) is 0 Å². The molecule has 3 nitrogen and oxygen atoms in total. The Morgan fingerprint density at radius 3 is 2.54 bits per heavy atom. The first-order valence-electron chi connectivity index (χ1n) is 8.26. The lowest BCUT2D eigenvalue weighted by molar-refractivity contribution is 0.302. The molecule has 5 heteroatoms. The van der Waals surface area contributed by atoms with Gasteiger partial charge in [-0.25, -0.2) is 4.39 Å². The third kappa shape index (κ3) is 6.48. The number of ether oxygens (including phenoxy) is 1. The molecule has 0 aliphatic rings. The summed E-state index contributed by atoms with van der Waals surface area (Å²) in [5.41, 5.74) is 1.95. The van der Waals surface area contributed by atoms with Crippen LogP contribution in [0.2, 0.25) is 5.02 Å². The van der Waals surface area contributed by atoms with E-state index in [-0.39, 0.29) is 5.82 Å². The van der Waals surface area contributed by atoms with Crippen LogP contribution in [0.15, 0.2) is 42.5 Å². The van der Waals surface area contributed by atoms with Crippen LogP contribution in [0.4, 0.5) is 4.39 Å². The van der Waals surface area contributed by atoms with Crippen LogP contribution in [0.1, 0.15) is 24.5 Å². The number of halogens is 2. The van der Waals surface area contributed by atoms with Crippen molar-refractivity contribution >= 4 is 11.6 Å². The predicted molar refractivity (Wildman–Crippen MR) is 97.1 cm³/mol. The third-order valence-electron chi connectivity index (χ3n) is 3.60. The van der Waals surface area contributed by atoms with Crippen molar-refractivity contribution < 1.29 is 9.13 Å². The number of hydrogen-bond donors (Lipinski definition) is 2. The van der Waals surface area contributed by atoms with E-state index in [0.29, 0.717) is 18.2 Å². The van der Waals surface area contributed by atoms with Crippen molar-refractivity contribution in [2.45, 2.75) is 26.5 Å². The van der Waals surface area contributed by atoms with E-state index in [1.165, 1.54) is 12.1 Å². The molecule has 0 fully saturated rings. The number of hydrogen-bond acceptors (Lipinski definition) is 3. The maximum absolute atomic E-state index is 12.9. The van der Waals surface area contributed by atoms with E-state index >= 15 is 0 Å². The van der Waals surface area contributed by atoms with Crippen molar-refractivity contribution in [3.63, 3.8) is 0 Å². The van der Waals surface area contributed by atoms with E-state index in [4.69, 9.17) is 16.3 Å². The van der Waals surface area contributed by atoms with Crippen LogP contribution in [0.3, 0.4) is 0 Å². The average Bonchev–Trinajstić information content (AvgIpc) is 2.58. The van der Waals surface area contributed by atoms with Gasteiger partial charge in [0.2, 0.25) is 0 Å². The molecule has 0 radical (unpaired) electrons. The molecule has 0 amide bonds. The van der Waals surface area contributed by atoms with Crippen molar-refractivity contribution in [3.05, 3.63) is 64.4 Å². The first-order valence-corrected chi connectivity index (χ1v) is 8.64. The molecule has 0 unspecified atom stereocenters. The van der Waals surface area contributed by atoms with Crippen LogP contribution in [-0.2, 0) is 13.2 Å². The Hall–Kier alpha value is -1.62. The molecule has 0 bridgehead atoms. The van der Waals surface area contributed by atoms with Gasteiger partial charge in [-0.15, -0.1) is 0 Å². The van der Waals surface area contributed by atoms with Gasteiger partial charge in [-0.05, 0) is 62.0 Å². The zero-order chi connectivity index (χ0) is 17.2. The number of nitrogens with one attached hydrogen (secondary N) is 2. The van der Waals surface area contributed by atoms with Crippen molar-refractivity contribution in [3.8, 4) is 5.75 Å². The lowest BCUT2D eigenvalue weighted by Gasteiger charge is -2.13. The molecule has 24 heavy (non-hydrogen) atoms. The molecule has 0 heterocycles. The lowest BCUT2D eigenvalue weighted by Crippen LogP contribution is -2.21. The Bertz CT molecular complexity index is 619. The van der Waals surface area contributed by atoms with E-state index in [2.05, 4.69) is 17.6 Å². The molecule has 0 aliphatic heterocycles. The van der Waals surface area contributed by atoms with Crippen LogP contribution in [0.5, 0.6) is 5.75 Å². The molecule has 2 rings (SSSR count). The van der Waals surface area contributed by atoms with Crippen LogP contribution in [-0.4, -0.2) is 19.6 Å². The fraction of sp³-hybridized carbons (Fsp3) is 0.368. The molecule has 0 aliphatic carbocycles. The van der Waals surface area contributed by atoms with Crippen LogP contribution in [0, 0.1) is 5.82 Å². The van der Waals surface area contributed by atoms with Gasteiger partial charge in [0.1, 0.15) is 18.2 Å². The molecule has 0 saturated heterocycles. The highest BCUT2D eigenvalue weighted by Gasteiger charge is 2.05. The zero-order valence-electron chi connectivity index (χ0n) is 13.9. The van der Waals surface area contributed by atoms with Gasteiger partial charge in [0, 0.05) is 17.1 Å². The van der Waals surface area contributed by atoms with Crippen LogP contribution < -0.4 is 15.4 Å². The van der Waals surface area contributed by atoms with Gasteiger partial charge in [0.15, 0.2) is 0 Å². The fourth-order valence-electron chi connectivity index (χ4n) is 2.31. The second-order valence-corrected chi connectivity index (χ2v) is 5.99. The molecular weight excluding hydrogens is 327 g/mol. The largest absolute Gasteiger partial charge is 0.489 e. The molecule has 2 aromatic rings. The van der Waals surface area contributed by atoms with Gasteiger partial charge in [-0.2, -0.15) is 0 Å². The molecule has 0 aromatic heterocycles. The SMILES string of the molecule is CCNCCCNCc1cc(Cl)ccc1OCc1ccc(F)cc1. The Morgan fingerprint density at radius 1 is 1.04 bits per heavy atom. The molecular formula is C19H24ClFN2O. The van der Waals surface area contributed by atoms with Gasteiger partial charge in [-0.3, -0.25) is 0 Å². The van der Waals surface area contributed by atoms with Crippen molar-refractivity contribution in [1.82, 2.24) is 10.6 Å². The summed E-state index contributed by atoms with van der Waals surface area (Å²) in [5, 5.41) is 7.39. The monoisotopic (exact) mass is 350 g/mol. The molecule has 2 N–H and O–H groups in total. The first kappa shape index (κ1) is 18.7. The van der Waals surface area contributed by atoms with Gasteiger partial charge < -0.3 is 15.4 Å². The van der Waals surface area contributed by atoms with Gasteiger partial charge in [0.25, 0.3) is 0 Å². The second kappa shape index (κ2) is 10.3. The van der Waals surface area contributed by atoms with Crippen molar-refractivity contribution in [2.75, 3.05) is 19.6 Å².